The molecule has 4 heterocycles. The summed E-state index contributed by atoms with van der Waals surface area (Å²) in [7, 11) is 3.53. The first-order valence-electron chi connectivity index (χ1n) is 11.9. The highest BCUT2D eigenvalue weighted by molar-refractivity contribution is 5.94. The maximum Gasteiger partial charge on any atom is 0.255 e. The van der Waals surface area contributed by atoms with Crippen molar-refractivity contribution >= 4 is 23.8 Å². The molecule has 0 aromatic carbocycles. The number of nitrogens with zero attached hydrogens (tertiary/aromatic N) is 6. The lowest BCUT2D eigenvalue weighted by Crippen LogP contribution is -2.39. The standard InChI is InChI=1S/C25H30N6O2/c1-28-8-3-19(13-22(28)27-29(2)16-32)31-15-18-12-20(18)21-11-17(14-26-23(21)31)24(33)30-9-6-25(4-5-25)7-10-30/h3,8,11,13-14,16,18,20H,4-7,9-10,12,15H2,1-2H3/b27-22-. The van der Waals surface area contributed by atoms with Crippen LogP contribution in [0, 0.1) is 11.3 Å². The third-order valence-corrected chi connectivity index (χ3v) is 8.04. The van der Waals surface area contributed by atoms with Gasteiger partial charge in [-0.3, -0.25) is 9.59 Å². The highest BCUT2D eigenvalue weighted by Crippen LogP contribution is 2.56. The van der Waals surface area contributed by atoms with Crippen LogP contribution in [0.25, 0.3) is 0 Å². The second kappa shape index (κ2) is 7.43. The summed E-state index contributed by atoms with van der Waals surface area (Å²) in [6.07, 6.45) is 10.5. The largest absolute Gasteiger partial charge is 0.339 e. The van der Waals surface area contributed by atoms with Crippen LogP contribution in [0.1, 0.15) is 53.9 Å². The lowest BCUT2D eigenvalue weighted by molar-refractivity contribution is -0.117. The van der Waals surface area contributed by atoms with Gasteiger partial charge in [0.2, 0.25) is 6.41 Å². The summed E-state index contributed by atoms with van der Waals surface area (Å²) in [6, 6.07) is 6.13. The predicted octanol–water partition coefficient (Wildman–Crippen LogP) is 2.60. The van der Waals surface area contributed by atoms with E-state index in [1.165, 1.54) is 23.4 Å². The fraction of sp³-hybridized carbons (Fsp3) is 0.520. The van der Waals surface area contributed by atoms with Crippen molar-refractivity contribution < 1.29 is 9.59 Å². The lowest BCUT2D eigenvalue weighted by Gasteiger charge is -2.33. The Hall–Kier alpha value is -3.16. The fourth-order valence-corrected chi connectivity index (χ4v) is 5.51. The summed E-state index contributed by atoms with van der Waals surface area (Å²) in [6.45, 7) is 2.65. The summed E-state index contributed by atoms with van der Waals surface area (Å²) < 4.78 is 1.88. The molecule has 2 amide bonds. The molecule has 8 nitrogen and oxygen atoms in total. The van der Waals surface area contributed by atoms with E-state index in [2.05, 4.69) is 22.1 Å². The summed E-state index contributed by atoms with van der Waals surface area (Å²) in [5.41, 5.74) is 4.15. The van der Waals surface area contributed by atoms with E-state index in [-0.39, 0.29) is 5.91 Å². The first-order chi connectivity index (χ1) is 16.0. The zero-order valence-corrected chi connectivity index (χ0v) is 19.3. The quantitative estimate of drug-likeness (QED) is 0.535. The molecule has 8 heteroatoms. The molecule has 3 fully saturated rings. The topological polar surface area (TPSA) is 74.0 Å². The molecular formula is C25H30N6O2. The second-order valence-electron chi connectivity index (χ2n) is 10.3. The van der Waals surface area contributed by atoms with Crippen molar-refractivity contribution in [3.05, 3.63) is 47.2 Å². The molecule has 2 aromatic heterocycles. The first kappa shape index (κ1) is 20.4. The number of carbonyl (C=O) groups excluding carboxylic acids is 2. The number of aryl methyl sites for hydroxylation is 1. The predicted molar refractivity (Wildman–Crippen MR) is 124 cm³/mol. The molecule has 4 aliphatic rings. The van der Waals surface area contributed by atoms with Crippen LogP contribution in [0.3, 0.4) is 0 Å². The van der Waals surface area contributed by atoms with Crippen molar-refractivity contribution in [2.45, 2.75) is 38.0 Å². The summed E-state index contributed by atoms with van der Waals surface area (Å²) in [5, 5.41) is 5.62. The Morgan fingerprint density at radius 3 is 2.76 bits per heavy atom. The number of anilines is 2. The Morgan fingerprint density at radius 1 is 1.24 bits per heavy atom. The molecule has 2 saturated carbocycles. The number of aromatic nitrogens is 2. The van der Waals surface area contributed by atoms with Gasteiger partial charge in [-0.15, -0.1) is 0 Å². The van der Waals surface area contributed by atoms with Crippen molar-refractivity contribution in [2.24, 2.45) is 23.5 Å². The van der Waals surface area contributed by atoms with E-state index in [0.717, 1.165) is 56.0 Å². The Morgan fingerprint density at radius 2 is 2.03 bits per heavy atom. The molecule has 2 aliphatic heterocycles. The summed E-state index contributed by atoms with van der Waals surface area (Å²) in [4.78, 5) is 33.3. The zero-order valence-electron chi connectivity index (χ0n) is 19.3. The van der Waals surface area contributed by atoms with Gasteiger partial charge in [-0.2, -0.15) is 5.10 Å². The van der Waals surface area contributed by atoms with Crippen molar-refractivity contribution in [3.63, 3.8) is 0 Å². The van der Waals surface area contributed by atoms with Crippen LogP contribution < -0.4 is 10.4 Å². The molecule has 1 spiro atoms. The minimum atomic E-state index is 0.125. The number of rotatable bonds is 4. The second-order valence-corrected chi connectivity index (χ2v) is 10.3. The molecule has 2 atom stereocenters. The van der Waals surface area contributed by atoms with Gasteiger partial charge in [0, 0.05) is 57.9 Å². The number of pyridine rings is 2. The number of amides is 2. The van der Waals surface area contributed by atoms with E-state index in [4.69, 9.17) is 4.98 Å². The van der Waals surface area contributed by atoms with Crippen LogP contribution in [0.5, 0.6) is 0 Å². The van der Waals surface area contributed by atoms with E-state index in [0.29, 0.717) is 29.1 Å². The SMILES string of the molecule is CN(C=O)/N=c1/cc(N2CC3CC3c3cc(C(=O)N4CCC5(CC4)CC5)cnc32)ccn1C. The van der Waals surface area contributed by atoms with Gasteiger partial charge in [0.1, 0.15) is 5.82 Å². The van der Waals surface area contributed by atoms with E-state index >= 15 is 0 Å². The average Bonchev–Trinajstić information content (AvgIpc) is 3.76. The van der Waals surface area contributed by atoms with Gasteiger partial charge in [-0.25, -0.2) is 9.99 Å². The smallest absolute Gasteiger partial charge is 0.255 e. The Labute approximate surface area is 193 Å². The van der Waals surface area contributed by atoms with Gasteiger partial charge in [-0.1, -0.05) is 0 Å². The Balaban J connectivity index is 1.30. The number of hydrogen-bond acceptors (Lipinski definition) is 5. The zero-order chi connectivity index (χ0) is 22.7. The molecule has 2 unspecified atom stereocenters. The summed E-state index contributed by atoms with van der Waals surface area (Å²) in [5.74, 6) is 2.14. The minimum absolute atomic E-state index is 0.125. The van der Waals surface area contributed by atoms with Crippen molar-refractivity contribution in [3.8, 4) is 0 Å². The Kier molecular flexibility index (Phi) is 4.61. The van der Waals surface area contributed by atoms with E-state index in [1.54, 1.807) is 13.2 Å². The monoisotopic (exact) mass is 446 g/mol. The molecule has 2 aromatic rings. The fourth-order valence-electron chi connectivity index (χ4n) is 5.51. The van der Waals surface area contributed by atoms with Gasteiger partial charge in [-0.05, 0) is 67.1 Å². The maximum atomic E-state index is 13.2. The number of fused-ring (bicyclic) bond motifs is 3. The van der Waals surface area contributed by atoms with Gasteiger partial charge in [0.15, 0.2) is 5.49 Å². The van der Waals surface area contributed by atoms with Crippen LogP contribution in [0.4, 0.5) is 11.5 Å². The van der Waals surface area contributed by atoms with Crippen molar-refractivity contribution in [1.29, 1.82) is 0 Å². The van der Waals surface area contributed by atoms with E-state index in [1.807, 2.05) is 28.8 Å². The number of carbonyl (C=O) groups is 2. The van der Waals surface area contributed by atoms with Crippen molar-refractivity contribution in [1.82, 2.24) is 19.5 Å². The molecule has 0 N–H and O–H groups in total. The molecule has 2 aliphatic carbocycles. The highest BCUT2D eigenvalue weighted by Gasteiger charge is 2.47. The van der Waals surface area contributed by atoms with Gasteiger partial charge in [0.05, 0.1) is 5.56 Å². The number of hydrogen-bond donors (Lipinski definition) is 0. The molecule has 1 saturated heterocycles. The van der Waals surface area contributed by atoms with Crippen LogP contribution in [0.2, 0.25) is 0 Å². The summed E-state index contributed by atoms with van der Waals surface area (Å²) >= 11 is 0. The molecule has 172 valence electrons. The van der Waals surface area contributed by atoms with Crippen LogP contribution in [0.15, 0.2) is 35.7 Å². The van der Waals surface area contributed by atoms with E-state index in [9.17, 15) is 9.59 Å². The lowest BCUT2D eigenvalue weighted by atomic mass is 9.93. The molecular weight excluding hydrogens is 416 g/mol. The molecule has 33 heavy (non-hydrogen) atoms. The number of likely N-dealkylation sites (tertiary alicyclic amines) is 1. The third-order valence-electron chi connectivity index (χ3n) is 8.04. The van der Waals surface area contributed by atoms with Gasteiger partial charge >= 0.3 is 0 Å². The Bertz CT molecular complexity index is 1190. The minimum Gasteiger partial charge on any atom is -0.339 e. The van der Waals surface area contributed by atoms with Gasteiger partial charge < -0.3 is 14.4 Å². The average molecular weight is 447 g/mol. The van der Waals surface area contributed by atoms with Crippen LogP contribution >= 0.6 is 0 Å². The van der Waals surface area contributed by atoms with Crippen molar-refractivity contribution in [2.75, 3.05) is 31.6 Å². The third kappa shape index (κ3) is 3.61. The normalized spacial score (nSPS) is 24.8. The molecule has 6 rings (SSSR count). The molecule has 0 bridgehead atoms. The van der Waals surface area contributed by atoms with Crippen LogP contribution in [-0.2, 0) is 11.8 Å². The molecule has 0 radical (unpaired) electrons. The van der Waals surface area contributed by atoms with Gasteiger partial charge in [0.25, 0.3) is 5.91 Å². The van der Waals surface area contributed by atoms with Crippen LogP contribution in [-0.4, -0.2) is 58.5 Å². The number of piperidine rings is 1. The maximum absolute atomic E-state index is 13.2. The first-order valence-corrected chi connectivity index (χ1v) is 11.9. The highest BCUT2D eigenvalue weighted by atomic mass is 16.2. The van der Waals surface area contributed by atoms with E-state index < -0.39 is 0 Å².